The quantitative estimate of drug-likeness (QED) is 0.765. The van der Waals surface area contributed by atoms with Crippen molar-refractivity contribution in [3.8, 4) is 0 Å². The molecule has 0 atom stereocenters. The van der Waals surface area contributed by atoms with E-state index in [0.29, 0.717) is 6.54 Å². The van der Waals surface area contributed by atoms with E-state index in [1.807, 2.05) is 0 Å². The van der Waals surface area contributed by atoms with Gasteiger partial charge in [-0.3, -0.25) is 0 Å². The smallest absolute Gasteiger partial charge is 0.0715 e. The van der Waals surface area contributed by atoms with Gasteiger partial charge in [-0.25, -0.2) is 0 Å². The average molecular weight is 193 g/mol. The highest BCUT2D eigenvalue weighted by Gasteiger charge is 2.10. The zero-order valence-corrected chi connectivity index (χ0v) is 9.17. The summed E-state index contributed by atoms with van der Waals surface area (Å²) in [7, 11) is 0. The predicted molar refractivity (Wildman–Crippen MR) is 59.2 cm³/mol. The Morgan fingerprint density at radius 3 is 2.64 bits per heavy atom. The molecule has 2 nitrogen and oxygen atoms in total. The minimum absolute atomic E-state index is 0.612. The number of aryl methyl sites for hydroxylation is 1. The highest BCUT2D eigenvalue weighted by atomic mass is 16.3. The molecule has 14 heavy (non-hydrogen) atoms. The number of benzene rings is 1. The lowest BCUT2D eigenvalue weighted by molar-refractivity contribution is 0.0795. The van der Waals surface area contributed by atoms with Crippen molar-refractivity contribution in [2.75, 3.05) is 6.54 Å². The van der Waals surface area contributed by atoms with E-state index in [0.717, 1.165) is 6.54 Å². The summed E-state index contributed by atoms with van der Waals surface area (Å²) in [6, 6.07) is 8.37. The van der Waals surface area contributed by atoms with Crippen LogP contribution < -0.4 is 5.32 Å². The minimum atomic E-state index is -0.635. The van der Waals surface area contributed by atoms with Crippen LogP contribution in [-0.2, 0) is 6.54 Å². The number of nitrogens with one attached hydrogen (secondary N) is 1. The van der Waals surface area contributed by atoms with Crippen LogP contribution in [0.2, 0.25) is 0 Å². The van der Waals surface area contributed by atoms with E-state index in [1.54, 1.807) is 13.8 Å². The summed E-state index contributed by atoms with van der Waals surface area (Å²) >= 11 is 0. The van der Waals surface area contributed by atoms with Crippen molar-refractivity contribution in [1.29, 1.82) is 0 Å². The molecule has 0 saturated heterocycles. The molecule has 0 radical (unpaired) electrons. The Morgan fingerprint density at radius 2 is 2.07 bits per heavy atom. The fraction of sp³-hybridized carbons (Fsp3) is 0.500. The first-order valence-corrected chi connectivity index (χ1v) is 4.96. The standard InChI is InChI=1S/C12H19NO/c1-10-5-4-6-11(7-10)8-13-9-12(2,3)14/h4-7,13-14H,8-9H2,1-3H3. The maximum absolute atomic E-state index is 9.49. The van der Waals surface area contributed by atoms with Crippen LogP contribution in [0.3, 0.4) is 0 Å². The molecule has 0 unspecified atom stereocenters. The summed E-state index contributed by atoms with van der Waals surface area (Å²) in [5, 5.41) is 12.7. The first kappa shape index (κ1) is 11.2. The van der Waals surface area contributed by atoms with Crippen molar-refractivity contribution >= 4 is 0 Å². The van der Waals surface area contributed by atoms with Gasteiger partial charge in [-0.2, -0.15) is 0 Å². The lowest BCUT2D eigenvalue weighted by atomic mass is 10.1. The largest absolute Gasteiger partial charge is 0.389 e. The Hall–Kier alpha value is -0.860. The number of hydrogen-bond acceptors (Lipinski definition) is 2. The van der Waals surface area contributed by atoms with E-state index in [9.17, 15) is 5.11 Å². The van der Waals surface area contributed by atoms with Crippen LogP contribution in [0.25, 0.3) is 0 Å². The zero-order valence-electron chi connectivity index (χ0n) is 9.17. The molecule has 1 aromatic rings. The van der Waals surface area contributed by atoms with E-state index < -0.39 is 5.60 Å². The molecule has 78 valence electrons. The summed E-state index contributed by atoms with van der Waals surface area (Å²) in [6.45, 7) is 7.11. The highest BCUT2D eigenvalue weighted by molar-refractivity contribution is 5.21. The van der Waals surface area contributed by atoms with E-state index in [2.05, 4.69) is 36.5 Å². The molecule has 0 fully saturated rings. The molecule has 0 saturated carbocycles. The molecule has 2 N–H and O–H groups in total. The molecule has 0 heterocycles. The lowest BCUT2D eigenvalue weighted by Crippen LogP contribution is -2.34. The van der Waals surface area contributed by atoms with Crippen molar-refractivity contribution in [3.05, 3.63) is 35.4 Å². The van der Waals surface area contributed by atoms with Crippen LogP contribution in [0, 0.1) is 6.92 Å². The summed E-state index contributed by atoms with van der Waals surface area (Å²) in [5.41, 5.74) is 1.89. The molecule has 0 aliphatic carbocycles. The van der Waals surface area contributed by atoms with Gasteiger partial charge in [-0.1, -0.05) is 29.8 Å². The highest BCUT2D eigenvalue weighted by Crippen LogP contribution is 2.04. The van der Waals surface area contributed by atoms with Crippen LogP contribution in [-0.4, -0.2) is 17.3 Å². The number of rotatable bonds is 4. The average Bonchev–Trinajstić information content (AvgIpc) is 2.01. The topological polar surface area (TPSA) is 32.3 Å². The van der Waals surface area contributed by atoms with Gasteiger partial charge >= 0.3 is 0 Å². The van der Waals surface area contributed by atoms with Gasteiger partial charge in [0.05, 0.1) is 5.60 Å². The van der Waals surface area contributed by atoms with Gasteiger partial charge in [0, 0.05) is 13.1 Å². The van der Waals surface area contributed by atoms with Crippen LogP contribution >= 0.6 is 0 Å². The molecule has 2 heteroatoms. The summed E-state index contributed by atoms with van der Waals surface area (Å²) in [5.74, 6) is 0. The van der Waals surface area contributed by atoms with Crippen molar-refractivity contribution < 1.29 is 5.11 Å². The molecule has 0 spiro atoms. The van der Waals surface area contributed by atoms with Crippen LogP contribution in [0.4, 0.5) is 0 Å². The van der Waals surface area contributed by atoms with E-state index in [4.69, 9.17) is 0 Å². The van der Waals surface area contributed by atoms with Gasteiger partial charge in [0.25, 0.3) is 0 Å². The summed E-state index contributed by atoms with van der Waals surface area (Å²) < 4.78 is 0. The van der Waals surface area contributed by atoms with Gasteiger partial charge in [-0.15, -0.1) is 0 Å². The van der Waals surface area contributed by atoms with E-state index in [-0.39, 0.29) is 0 Å². The Kier molecular flexibility index (Phi) is 3.67. The number of aliphatic hydroxyl groups is 1. The van der Waals surface area contributed by atoms with Crippen molar-refractivity contribution in [2.24, 2.45) is 0 Å². The third-order valence-electron chi connectivity index (χ3n) is 1.97. The molecular formula is C12H19NO. The second-order valence-corrected chi connectivity index (χ2v) is 4.41. The molecule has 0 amide bonds. The summed E-state index contributed by atoms with van der Waals surface area (Å²) in [4.78, 5) is 0. The molecule has 0 aliphatic rings. The molecule has 1 rings (SSSR count). The van der Waals surface area contributed by atoms with Gasteiger partial charge < -0.3 is 10.4 Å². The molecule has 0 aliphatic heterocycles. The SMILES string of the molecule is Cc1cccc(CNCC(C)(C)O)c1. The van der Waals surface area contributed by atoms with Gasteiger partial charge in [0.1, 0.15) is 0 Å². The normalized spacial score (nSPS) is 11.7. The van der Waals surface area contributed by atoms with Gasteiger partial charge in [-0.05, 0) is 26.3 Å². The maximum atomic E-state index is 9.49. The van der Waals surface area contributed by atoms with Crippen LogP contribution in [0.1, 0.15) is 25.0 Å². The number of hydrogen-bond donors (Lipinski definition) is 2. The van der Waals surface area contributed by atoms with Gasteiger partial charge in [0.2, 0.25) is 0 Å². The maximum Gasteiger partial charge on any atom is 0.0715 e. The molecule has 0 aromatic heterocycles. The van der Waals surface area contributed by atoms with Crippen LogP contribution in [0.15, 0.2) is 24.3 Å². The Morgan fingerprint density at radius 1 is 1.36 bits per heavy atom. The zero-order chi connectivity index (χ0) is 10.6. The lowest BCUT2D eigenvalue weighted by Gasteiger charge is -2.17. The Bertz CT molecular complexity index is 289. The second-order valence-electron chi connectivity index (χ2n) is 4.41. The Labute approximate surface area is 86.0 Å². The molecule has 0 bridgehead atoms. The third-order valence-corrected chi connectivity index (χ3v) is 1.97. The van der Waals surface area contributed by atoms with Crippen molar-refractivity contribution in [2.45, 2.75) is 32.9 Å². The molecule has 1 aromatic carbocycles. The predicted octanol–water partition coefficient (Wildman–Crippen LogP) is 1.86. The van der Waals surface area contributed by atoms with E-state index >= 15 is 0 Å². The van der Waals surface area contributed by atoms with Crippen molar-refractivity contribution in [3.63, 3.8) is 0 Å². The fourth-order valence-electron chi connectivity index (χ4n) is 1.33. The fourth-order valence-corrected chi connectivity index (χ4v) is 1.33. The van der Waals surface area contributed by atoms with Crippen LogP contribution in [0.5, 0.6) is 0 Å². The minimum Gasteiger partial charge on any atom is -0.389 e. The Balaban J connectivity index is 2.39. The van der Waals surface area contributed by atoms with Crippen molar-refractivity contribution in [1.82, 2.24) is 5.32 Å². The van der Waals surface area contributed by atoms with Gasteiger partial charge in [0.15, 0.2) is 0 Å². The summed E-state index contributed by atoms with van der Waals surface area (Å²) in [6.07, 6.45) is 0. The molecular weight excluding hydrogens is 174 g/mol. The second kappa shape index (κ2) is 4.58. The van der Waals surface area contributed by atoms with E-state index in [1.165, 1.54) is 11.1 Å². The first-order valence-electron chi connectivity index (χ1n) is 4.96. The monoisotopic (exact) mass is 193 g/mol. The first-order chi connectivity index (χ1) is 6.47. The third kappa shape index (κ3) is 4.40.